The van der Waals surface area contributed by atoms with Gasteiger partial charge in [0.2, 0.25) is 5.91 Å². The van der Waals surface area contributed by atoms with E-state index in [1.54, 1.807) is 7.11 Å². The SMILES string of the molecule is COc1ccccc1-c1nnc(SCC(=O)N2CCc3ccccc3C2)n1-c1ccc(C)cc1. The van der Waals surface area contributed by atoms with Gasteiger partial charge in [0, 0.05) is 18.8 Å². The Kier molecular flexibility index (Phi) is 6.36. The van der Waals surface area contributed by atoms with Crippen molar-refractivity contribution in [3.8, 4) is 22.8 Å². The molecule has 0 fully saturated rings. The van der Waals surface area contributed by atoms with E-state index in [-0.39, 0.29) is 5.91 Å². The Morgan fingerprint density at radius 3 is 2.50 bits per heavy atom. The topological polar surface area (TPSA) is 60.3 Å². The summed E-state index contributed by atoms with van der Waals surface area (Å²) in [5.41, 5.74) is 5.53. The van der Waals surface area contributed by atoms with Gasteiger partial charge >= 0.3 is 0 Å². The fourth-order valence-corrected chi connectivity index (χ4v) is 5.07. The van der Waals surface area contributed by atoms with Crippen LogP contribution in [0.15, 0.2) is 78.0 Å². The molecule has 34 heavy (non-hydrogen) atoms. The Labute approximate surface area is 203 Å². The number of aromatic nitrogens is 3. The van der Waals surface area contributed by atoms with Gasteiger partial charge in [0.1, 0.15) is 5.75 Å². The van der Waals surface area contributed by atoms with E-state index >= 15 is 0 Å². The van der Waals surface area contributed by atoms with E-state index in [0.717, 1.165) is 30.0 Å². The van der Waals surface area contributed by atoms with Gasteiger partial charge in [-0.3, -0.25) is 9.36 Å². The fourth-order valence-electron chi connectivity index (χ4n) is 4.22. The molecule has 3 aromatic carbocycles. The van der Waals surface area contributed by atoms with Gasteiger partial charge in [-0.05, 0) is 48.7 Å². The second-order valence-electron chi connectivity index (χ2n) is 8.30. The molecule has 0 aliphatic carbocycles. The number of benzene rings is 3. The fraction of sp³-hybridized carbons (Fsp3) is 0.222. The number of aryl methyl sites for hydroxylation is 1. The summed E-state index contributed by atoms with van der Waals surface area (Å²) in [6.07, 6.45) is 0.893. The molecule has 1 aliphatic rings. The number of thioether (sulfide) groups is 1. The van der Waals surface area contributed by atoms with Crippen LogP contribution < -0.4 is 4.74 Å². The molecule has 1 aliphatic heterocycles. The average molecular weight is 471 g/mol. The van der Waals surface area contributed by atoms with Gasteiger partial charge in [-0.1, -0.05) is 65.9 Å². The van der Waals surface area contributed by atoms with Gasteiger partial charge in [-0.15, -0.1) is 10.2 Å². The van der Waals surface area contributed by atoms with E-state index in [4.69, 9.17) is 4.74 Å². The number of para-hydroxylation sites is 1. The van der Waals surface area contributed by atoms with Gasteiger partial charge in [-0.2, -0.15) is 0 Å². The molecule has 0 bridgehead atoms. The van der Waals surface area contributed by atoms with Crippen LogP contribution in [0, 0.1) is 6.92 Å². The normalized spacial score (nSPS) is 12.9. The average Bonchev–Trinajstić information content (AvgIpc) is 3.31. The molecule has 4 aromatic rings. The van der Waals surface area contributed by atoms with Crippen molar-refractivity contribution in [3.05, 3.63) is 89.5 Å². The highest BCUT2D eigenvalue weighted by Crippen LogP contribution is 2.33. The lowest BCUT2D eigenvalue weighted by atomic mass is 10.00. The van der Waals surface area contributed by atoms with E-state index in [1.807, 2.05) is 51.9 Å². The quantitative estimate of drug-likeness (QED) is 0.374. The summed E-state index contributed by atoms with van der Waals surface area (Å²) in [6, 6.07) is 24.3. The van der Waals surface area contributed by atoms with Crippen molar-refractivity contribution < 1.29 is 9.53 Å². The smallest absolute Gasteiger partial charge is 0.233 e. The molecule has 0 unspecified atom stereocenters. The van der Waals surface area contributed by atoms with E-state index in [9.17, 15) is 4.79 Å². The van der Waals surface area contributed by atoms with Crippen molar-refractivity contribution in [2.45, 2.75) is 25.0 Å². The van der Waals surface area contributed by atoms with Crippen molar-refractivity contribution in [2.75, 3.05) is 19.4 Å². The number of hydrogen-bond donors (Lipinski definition) is 0. The lowest BCUT2D eigenvalue weighted by Crippen LogP contribution is -2.37. The minimum atomic E-state index is 0.108. The van der Waals surface area contributed by atoms with Gasteiger partial charge < -0.3 is 9.64 Å². The molecule has 1 aromatic heterocycles. The Balaban J connectivity index is 1.42. The Bertz CT molecular complexity index is 1320. The molecular formula is C27H26N4O2S. The molecule has 0 radical (unpaired) electrons. The second kappa shape index (κ2) is 9.73. The molecule has 0 N–H and O–H groups in total. The minimum Gasteiger partial charge on any atom is -0.496 e. The van der Waals surface area contributed by atoms with Crippen molar-refractivity contribution in [2.24, 2.45) is 0 Å². The van der Waals surface area contributed by atoms with Crippen LogP contribution >= 0.6 is 11.8 Å². The number of methoxy groups -OCH3 is 1. The van der Waals surface area contributed by atoms with Crippen LogP contribution in [0.4, 0.5) is 0 Å². The summed E-state index contributed by atoms with van der Waals surface area (Å²) in [6.45, 7) is 3.46. The third kappa shape index (κ3) is 4.43. The molecular weight excluding hydrogens is 444 g/mol. The standard InChI is InChI=1S/C27H26N4O2S/c1-19-11-13-22(14-12-19)31-26(23-9-5-6-10-24(23)33-2)28-29-27(31)34-18-25(32)30-16-15-20-7-3-4-8-21(20)17-30/h3-14H,15-18H2,1-2H3. The number of hydrogen-bond acceptors (Lipinski definition) is 5. The number of nitrogens with zero attached hydrogens (tertiary/aromatic N) is 4. The van der Waals surface area contributed by atoms with Crippen LogP contribution in [0.5, 0.6) is 5.75 Å². The predicted molar refractivity (Wildman–Crippen MR) is 134 cm³/mol. The van der Waals surface area contributed by atoms with Crippen molar-refractivity contribution in [1.29, 1.82) is 0 Å². The summed E-state index contributed by atoms with van der Waals surface area (Å²) >= 11 is 1.42. The molecule has 5 rings (SSSR count). The minimum absolute atomic E-state index is 0.108. The Morgan fingerprint density at radius 2 is 1.71 bits per heavy atom. The number of carbonyl (C=O) groups excluding carboxylic acids is 1. The molecule has 172 valence electrons. The molecule has 7 heteroatoms. The third-order valence-corrected chi connectivity index (χ3v) is 7.00. The Hall–Kier alpha value is -3.58. The van der Waals surface area contributed by atoms with Crippen LogP contribution in [0.1, 0.15) is 16.7 Å². The summed E-state index contributed by atoms with van der Waals surface area (Å²) in [5.74, 6) is 1.82. The summed E-state index contributed by atoms with van der Waals surface area (Å²) in [4.78, 5) is 15.0. The number of ether oxygens (including phenoxy) is 1. The number of amides is 1. The summed E-state index contributed by atoms with van der Waals surface area (Å²) in [5, 5.41) is 9.65. The zero-order chi connectivity index (χ0) is 23.5. The molecule has 0 atom stereocenters. The first kappa shape index (κ1) is 22.2. The molecule has 1 amide bonds. The molecule has 0 spiro atoms. The number of rotatable bonds is 6. The maximum atomic E-state index is 13.1. The molecule has 2 heterocycles. The van der Waals surface area contributed by atoms with E-state index < -0.39 is 0 Å². The third-order valence-electron chi connectivity index (χ3n) is 6.08. The lowest BCUT2D eigenvalue weighted by Gasteiger charge is -2.28. The highest BCUT2D eigenvalue weighted by atomic mass is 32.2. The highest BCUT2D eigenvalue weighted by molar-refractivity contribution is 7.99. The van der Waals surface area contributed by atoms with E-state index in [2.05, 4.69) is 47.5 Å². The largest absolute Gasteiger partial charge is 0.496 e. The van der Waals surface area contributed by atoms with E-state index in [0.29, 0.717) is 23.3 Å². The molecule has 0 saturated heterocycles. The van der Waals surface area contributed by atoms with Crippen LogP contribution in [0.3, 0.4) is 0 Å². The van der Waals surface area contributed by atoms with Crippen LogP contribution in [-0.4, -0.2) is 45.0 Å². The first-order valence-electron chi connectivity index (χ1n) is 11.3. The zero-order valence-corrected chi connectivity index (χ0v) is 20.1. The maximum absolute atomic E-state index is 13.1. The van der Waals surface area contributed by atoms with Crippen LogP contribution in [0.2, 0.25) is 0 Å². The number of fused-ring (bicyclic) bond motifs is 1. The van der Waals surface area contributed by atoms with Gasteiger partial charge in [0.25, 0.3) is 0 Å². The van der Waals surface area contributed by atoms with Gasteiger partial charge in [-0.25, -0.2) is 0 Å². The Morgan fingerprint density at radius 1 is 0.971 bits per heavy atom. The van der Waals surface area contributed by atoms with Crippen molar-refractivity contribution >= 4 is 17.7 Å². The van der Waals surface area contributed by atoms with Crippen molar-refractivity contribution in [3.63, 3.8) is 0 Å². The van der Waals surface area contributed by atoms with Gasteiger partial charge in [0.15, 0.2) is 11.0 Å². The van der Waals surface area contributed by atoms with E-state index in [1.165, 1.54) is 28.5 Å². The zero-order valence-electron chi connectivity index (χ0n) is 19.3. The molecule has 0 saturated carbocycles. The van der Waals surface area contributed by atoms with Crippen LogP contribution in [0.25, 0.3) is 17.1 Å². The van der Waals surface area contributed by atoms with Gasteiger partial charge in [0.05, 0.1) is 18.4 Å². The predicted octanol–water partition coefficient (Wildman–Crippen LogP) is 4.93. The summed E-state index contributed by atoms with van der Waals surface area (Å²) in [7, 11) is 1.65. The summed E-state index contributed by atoms with van der Waals surface area (Å²) < 4.78 is 7.58. The maximum Gasteiger partial charge on any atom is 0.233 e. The number of carbonyl (C=O) groups is 1. The van der Waals surface area contributed by atoms with Crippen molar-refractivity contribution in [1.82, 2.24) is 19.7 Å². The highest BCUT2D eigenvalue weighted by Gasteiger charge is 2.23. The first-order chi connectivity index (χ1) is 16.6. The lowest BCUT2D eigenvalue weighted by molar-refractivity contribution is -0.129. The van der Waals surface area contributed by atoms with Crippen LogP contribution in [-0.2, 0) is 17.8 Å². The molecule has 6 nitrogen and oxygen atoms in total. The monoisotopic (exact) mass is 470 g/mol. The first-order valence-corrected chi connectivity index (χ1v) is 12.3. The second-order valence-corrected chi connectivity index (χ2v) is 9.24.